The summed E-state index contributed by atoms with van der Waals surface area (Å²) in [6.07, 6.45) is 4.24. The fourth-order valence-electron chi connectivity index (χ4n) is 2.88. The molecule has 17 heavy (non-hydrogen) atoms. The topological polar surface area (TPSA) is 41.3 Å². The SMILES string of the molecule is CC(C)C1CC(NCC2CC2)CN(CCN)C1. The van der Waals surface area contributed by atoms with E-state index < -0.39 is 0 Å². The fourth-order valence-corrected chi connectivity index (χ4v) is 2.88. The Labute approximate surface area is 106 Å². The lowest BCUT2D eigenvalue weighted by atomic mass is 9.85. The summed E-state index contributed by atoms with van der Waals surface area (Å²) in [5, 5.41) is 3.77. The Morgan fingerprint density at radius 2 is 2.06 bits per heavy atom. The highest BCUT2D eigenvalue weighted by Gasteiger charge is 2.29. The number of nitrogens with one attached hydrogen (secondary N) is 1. The molecule has 1 heterocycles. The normalized spacial score (nSPS) is 31.1. The first-order valence-electron chi connectivity index (χ1n) is 7.34. The Morgan fingerprint density at radius 1 is 1.29 bits per heavy atom. The van der Waals surface area contributed by atoms with Crippen molar-refractivity contribution in [2.24, 2.45) is 23.5 Å². The molecule has 2 aliphatic rings. The van der Waals surface area contributed by atoms with Gasteiger partial charge in [0.1, 0.15) is 0 Å². The smallest absolute Gasteiger partial charge is 0.0198 e. The highest BCUT2D eigenvalue weighted by Crippen LogP contribution is 2.29. The molecule has 0 radical (unpaired) electrons. The third kappa shape index (κ3) is 4.23. The van der Waals surface area contributed by atoms with Crippen molar-refractivity contribution in [2.45, 2.75) is 39.2 Å². The van der Waals surface area contributed by atoms with Crippen LogP contribution in [0.3, 0.4) is 0 Å². The Hall–Kier alpha value is -0.120. The van der Waals surface area contributed by atoms with Gasteiger partial charge in [-0.05, 0) is 43.6 Å². The van der Waals surface area contributed by atoms with Gasteiger partial charge in [-0.15, -0.1) is 0 Å². The second kappa shape index (κ2) is 6.17. The molecule has 1 aliphatic heterocycles. The maximum Gasteiger partial charge on any atom is 0.0198 e. The largest absolute Gasteiger partial charge is 0.329 e. The van der Waals surface area contributed by atoms with Crippen molar-refractivity contribution in [3.8, 4) is 0 Å². The number of hydrogen-bond donors (Lipinski definition) is 2. The number of nitrogens with two attached hydrogens (primary N) is 1. The summed E-state index contributed by atoms with van der Waals surface area (Å²) in [5.74, 6) is 2.62. The van der Waals surface area contributed by atoms with E-state index in [1.807, 2.05) is 0 Å². The molecule has 0 aromatic heterocycles. The number of piperidine rings is 1. The lowest BCUT2D eigenvalue weighted by molar-refractivity contribution is 0.118. The van der Waals surface area contributed by atoms with Crippen molar-refractivity contribution in [3.63, 3.8) is 0 Å². The molecule has 1 saturated heterocycles. The molecular formula is C14H29N3. The zero-order chi connectivity index (χ0) is 12.3. The Kier molecular flexibility index (Phi) is 4.83. The first-order chi connectivity index (χ1) is 8.19. The number of hydrogen-bond acceptors (Lipinski definition) is 3. The van der Waals surface area contributed by atoms with Crippen molar-refractivity contribution in [1.29, 1.82) is 0 Å². The van der Waals surface area contributed by atoms with Crippen LogP contribution in [-0.4, -0.2) is 43.7 Å². The molecule has 0 bridgehead atoms. The first-order valence-corrected chi connectivity index (χ1v) is 7.34. The third-order valence-corrected chi connectivity index (χ3v) is 4.34. The van der Waals surface area contributed by atoms with Crippen LogP contribution < -0.4 is 11.1 Å². The molecule has 3 heteroatoms. The summed E-state index contributed by atoms with van der Waals surface area (Å²) in [7, 11) is 0. The van der Waals surface area contributed by atoms with E-state index in [9.17, 15) is 0 Å². The minimum Gasteiger partial charge on any atom is -0.329 e. The van der Waals surface area contributed by atoms with E-state index in [0.29, 0.717) is 6.04 Å². The van der Waals surface area contributed by atoms with E-state index >= 15 is 0 Å². The molecule has 0 amide bonds. The summed E-state index contributed by atoms with van der Waals surface area (Å²) in [4.78, 5) is 2.55. The molecular weight excluding hydrogens is 210 g/mol. The molecule has 0 aromatic carbocycles. The van der Waals surface area contributed by atoms with Gasteiger partial charge in [0.05, 0.1) is 0 Å². The lowest BCUT2D eigenvalue weighted by Crippen LogP contribution is -2.51. The minimum absolute atomic E-state index is 0.697. The third-order valence-electron chi connectivity index (χ3n) is 4.34. The van der Waals surface area contributed by atoms with Gasteiger partial charge >= 0.3 is 0 Å². The van der Waals surface area contributed by atoms with Crippen LogP contribution in [0.25, 0.3) is 0 Å². The van der Waals surface area contributed by atoms with E-state index in [0.717, 1.165) is 30.8 Å². The van der Waals surface area contributed by atoms with Gasteiger partial charge in [0.25, 0.3) is 0 Å². The summed E-state index contributed by atoms with van der Waals surface area (Å²) in [5.41, 5.74) is 5.70. The molecule has 100 valence electrons. The summed E-state index contributed by atoms with van der Waals surface area (Å²) in [6.45, 7) is 10.3. The van der Waals surface area contributed by atoms with Gasteiger partial charge in [-0.25, -0.2) is 0 Å². The van der Waals surface area contributed by atoms with Gasteiger partial charge < -0.3 is 16.0 Å². The van der Waals surface area contributed by atoms with Crippen LogP contribution in [-0.2, 0) is 0 Å². The van der Waals surface area contributed by atoms with Gasteiger partial charge in [0, 0.05) is 32.2 Å². The number of likely N-dealkylation sites (tertiary alicyclic amines) is 1. The van der Waals surface area contributed by atoms with Crippen LogP contribution in [0.5, 0.6) is 0 Å². The number of nitrogens with zero attached hydrogens (tertiary/aromatic N) is 1. The van der Waals surface area contributed by atoms with Crippen LogP contribution in [0.15, 0.2) is 0 Å². The molecule has 3 nitrogen and oxygen atoms in total. The highest BCUT2D eigenvalue weighted by atomic mass is 15.2. The Morgan fingerprint density at radius 3 is 2.65 bits per heavy atom. The van der Waals surface area contributed by atoms with Crippen LogP contribution in [0.1, 0.15) is 33.1 Å². The molecule has 1 aliphatic carbocycles. The van der Waals surface area contributed by atoms with E-state index in [1.165, 1.54) is 38.9 Å². The van der Waals surface area contributed by atoms with Crippen LogP contribution in [0.4, 0.5) is 0 Å². The van der Waals surface area contributed by atoms with Crippen LogP contribution in [0, 0.1) is 17.8 Å². The first kappa shape index (κ1) is 13.3. The molecule has 2 fully saturated rings. The molecule has 2 unspecified atom stereocenters. The van der Waals surface area contributed by atoms with Crippen molar-refractivity contribution in [1.82, 2.24) is 10.2 Å². The fraction of sp³-hybridized carbons (Fsp3) is 1.00. The van der Waals surface area contributed by atoms with Crippen molar-refractivity contribution >= 4 is 0 Å². The van der Waals surface area contributed by atoms with Gasteiger partial charge in [0.2, 0.25) is 0 Å². The van der Waals surface area contributed by atoms with E-state index in [2.05, 4.69) is 24.1 Å². The zero-order valence-electron chi connectivity index (χ0n) is 11.5. The van der Waals surface area contributed by atoms with E-state index in [4.69, 9.17) is 5.73 Å². The minimum atomic E-state index is 0.697. The standard InChI is InChI=1S/C14H29N3/c1-11(2)13-7-14(16-8-12-3-4-12)10-17(9-13)6-5-15/h11-14,16H,3-10,15H2,1-2H3. The molecule has 2 atom stereocenters. The molecule has 3 N–H and O–H groups in total. The van der Waals surface area contributed by atoms with Crippen LogP contribution in [0.2, 0.25) is 0 Å². The van der Waals surface area contributed by atoms with E-state index in [1.54, 1.807) is 0 Å². The summed E-state index contributed by atoms with van der Waals surface area (Å²) < 4.78 is 0. The van der Waals surface area contributed by atoms with Crippen LogP contribution >= 0.6 is 0 Å². The van der Waals surface area contributed by atoms with Gasteiger partial charge in [-0.2, -0.15) is 0 Å². The highest BCUT2D eigenvalue weighted by molar-refractivity contribution is 4.86. The average Bonchev–Trinajstić information content (AvgIpc) is 3.10. The lowest BCUT2D eigenvalue weighted by Gasteiger charge is -2.40. The Balaban J connectivity index is 1.81. The van der Waals surface area contributed by atoms with Gasteiger partial charge in [0.15, 0.2) is 0 Å². The van der Waals surface area contributed by atoms with Gasteiger partial charge in [-0.3, -0.25) is 0 Å². The quantitative estimate of drug-likeness (QED) is 0.734. The maximum absolute atomic E-state index is 5.70. The molecule has 0 spiro atoms. The second-order valence-corrected chi connectivity index (χ2v) is 6.34. The van der Waals surface area contributed by atoms with Crippen molar-refractivity contribution < 1.29 is 0 Å². The Bertz CT molecular complexity index is 226. The predicted octanol–water partition coefficient (Wildman–Crippen LogP) is 1.29. The summed E-state index contributed by atoms with van der Waals surface area (Å²) >= 11 is 0. The predicted molar refractivity (Wildman–Crippen MR) is 73.0 cm³/mol. The number of rotatable bonds is 6. The monoisotopic (exact) mass is 239 g/mol. The molecule has 1 saturated carbocycles. The van der Waals surface area contributed by atoms with Crippen molar-refractivity contribution in [2.75, 3.05) is 32.7 Å². The van der Waals surface area contributed by atoms with Crippen molar-refractivity contribution in [3.05, 3.63) is 0 Å². The van der Waals surface area contributed by atoms with E-state index in [-0.39, 0.29) is 0 Å². The maximum atomic E-state index is 5.70. The molecule has 0 aromatic rings. The zero-order valence-corrected chi connectivity index (χ0v) is 11.5. The second-order valence-electron chi connectivity index (χ2n) is 6.34. The molecule has 2 rings (SSSR count). The average molecular weight is 239 g/mol. The van der Waals surface area contributed by atoms with Gasteiger partial charge in [-0.1, -0.05) is 13.8 Å². The summed E-state index contributed by atoms with van der Waals surface area (Å²) in [6, 6.07) is 0.697.